The van der Waals surface area contributed by atoms with Crippen LogP contribution in [-0.4, -0.2) is 40.4 Å². The number of fused-ring (bicyclic) bond motifs is 1. The van der Waals surface area contributed by atoms with Crippen LogP contribution in [0.5, 0.6) is 0 Å². The van der Waals surface area contributed by atoms with Crippen LogP contribution in [0.2, 0.25) is 0 Å². The van der Waals surface area contributed by atoms with Crippen molar-refractivity contribution in [2.24, 2.45) is 10.9 Å². The van der Waals surface area contributed by atoms with Gasteiger partial charge < -0.3 is 10.9 Å². The van der Waals surface area contributed by atoms with Gasteiger partial charge in [-0.15, -0.1) is 5.10 Å². The molecule has 0 unspecified atom stereocenters. The van der Waals surface area contributed by atoms with Gasteiger partial charge in [0.25, 0.3) is 0 Å². The molecule has 21 heavy (non-hydrogen) atoms. The predicted octanol–water partition coefficient (Wildman–Crippen LogP) is 0.528. The van der Waals surface area contributed by atoms with Crippen LogP contribution in [-0.2, 0) is 0 Å². The number of hydrogen-bond acceptors (Lipinski definition) is 6. The van der Waals surface area contributed by atoms with Crippen molar-refractivity contribution in [2.45, 2.75) is 19.8 Å². The Morgan fingerprint density at radius 3 is 2.86 bits per heavy atom. The van der Waals surface area contributed by atoms with Crippen LogP contribution in [0.25, 0.3) is 11.3 Å². The zero-order chi connectivity index (χ0) is 15.0. The fourth-order valence-corrected chi connectivity index (χ4v) is 1.91. The number of nitrogens with two attached hydrogens (primary N) is 1. The van der Waals surface area contributed by atoms with Gasteiger partial charge in [0.05, 0.1) is 5.69 Å². The molecule has 0 bridgehead atoms. The quantitative estimate of drug-likeness (QED) is 0.313. The summed E-state index contributed by atoms with van der Waals surface area (Å²) in [4.78, 5) is 8.28. The highest BCUT2D eigenvalue weighted by Crippen LogP contribution is 2.18. The van der Waals surface area contributed by atoms with Gasteiger partial charge in [0.1, 0.15) is 11.8 Å². The summed E-state index contributed by atoms with van der Waals surface area (Å²) in [6.45, 7) is 4.14. The van der Waals surface area contributed by atoms with Crippen molar-refractivity contribution in [3.8, 4) is 5.82 Å². The van der Waals surface area contributed by atoms with Crippen molar-refractivity contribution in [1.82, 2.24) is 29.4 Å². The molecule has 0 saturated carbocycles. The Morgan fingerprint density at radius 2 is 2.14 bits per heavy atom. The molecule has 3 aromatic rings. The normalized spacial score (nSPS) is 12.4. The minimum atomic E-state index is -0.155. The van der Waals surface area contributed by atoms with Crippen LogP contribution < -0.4 is 5.73 Å². The topological polar surface area (TPSA) is 120 Å². The van der Waals surface area contributed by atoms with Crippen LogP contribution in [0, 0.1) is 0 Å². The third-order valence-corrected chi connectivity index (χ3v) is 3.03. The van der Waals surface area contributed by atoms with E-state index < -0.39 is 0 Å². The second-order valence-electron chi connectivity index (χ2n) is 4.80. The fraction of sp³-hybridized carbons (Fsp3) is 0.250. The van der Waals surface area contributed by atoms with Gasteiger partial charge in [-0.05, 0) is 12.0 Å². The molecule has 0 aliphatic rings. The van der Waals surface area contributed by atoms with Crippen molar-refractivity contribution < 1.29 is 5.21 Å². The maximum absolute atomic E-state index is 8.65. The summed E-state index contributed by atoms with van der Waals surface area (Å²) in [5.74, 6) is 0.851. The van der Waals surface area contributed by atoms with Crippen LogP contribution in [0.15, 0.2) is 29.9 Å². The molecule has 0 amide bonds. The molecule has 3 heterocycles. The Bertz CT molecular complexity index is 816. The largest absolute Gasteiger partial charge is 0.409 e. The monoisotopic (exact) mass is 286 g/mol. The number of rotatable bonds is 3. The zero-order valence-electron chi connectivity index (χ0n) is 11.5. The maximum atomic E-state index is 8.65. The molecule has 108 valence electrons. The van der Waals surface area contributed by atoms with Crippen molar-refractivity contribution in [3.63, 3.8) is 0 Å². The SMILES string of the molecule is CC(C)c1cc2c(-n3cnc(/C(N)=N/O)n3)nccn2n1. The van der Waals surface area contributed by atoms with Gasteiger partial charge in [0, 0.05) is 12.4 Å². The van der Waals surface area contributed by atoms with Crippen molar-refractivity contribution in [1.29, 1.82) is 0 Å². The second kappa shape index (κ2) is 4.85. The summed E-state index contributed by atoms with van der Waals surface area (Å²) in [5, 5.41) is 20.1. The molecular formula is C12H14N8O. The minimum Gasteiger partial charge on any atom is -0.409 e. The number of amidine groups is 1. The van der Waals surface area contributed by atoms with E-state index in [-0.39, 0.29) is 11.7 Å². The molecule has 0 aromatic carbocycles. The molecule has 3 aromatic heterocycles. The molecule has 3 rings (SSSR count). The van der Waals surface area contributed by atoms with Gasteiger partial charge in [-0.25, -0.2) is 14.5 Å². The molecule has 9 nitrogen and oxygen atoms in total. The van der Waals surface area contributed by atoms with Gasteiger partial charge in [0.2, 0.25) is 11.7 Å². The second-order valence-corrected chi connectivity index (χ2v) is 4.80. The highest BCUT2D eigenvalue weighted by molar-refractivity contribution is 5.93. The average Bonchev–Trinajstić information content (AvgIpc) is 3.12. The van der Waals surface area contributed by atoms with Gasteiger partial charge in [-0.2, -0.15) is 9.78 Å². The van der Waals surface area contributed by atoms with E-state index in [0.29, 0.717) is 11.7 Å². The molecule has 3 N–H and O–H groups in total. The first-order chi connectivity index (χ1) is 10.1. The van der Waals surface area contributed by atoms with E-state index in [1.54, 1.807) is 16.9 Å². The molecule has 0 aliphatic carbocycles. The lowest BCUT2D eigenvalue weighted by molar-refractivity contribution is 0.318. The van der Waals surface area contributed by atoms with Crippen molar-refractivity contribution in [2.75, 3.05) is 0 Å². The van der Waals surface area contributed by atoms with E-state index in [1.807, 2.05) is 6.07 Å². The predicted molar refractivity (Wildman–Crippen MR) is 74.5 cm³/mol. The Labute approximate surface area is 119 Å². The lowest BCUT2D eigenvalue weighted by atomic mass is 10.1. The van der Waals surface area contributed by atoms with Crippen LogP contribution in [0.1, 0.15) is 31.3 Å². The molecule has 0 aliphatic heterocycles. The third-order valence-electron chi connectivity index (χ3n) is 3.03. The Hall–Kier alpha value is -2.97. The first-order valence-electron chi connectivity index (χ1n) is 6.34. The van der Waals surface area contributed by atoms with Crippen LogP contribution >= 0.6 is 0 Å². The third kappa shape index (κ3) is 2.18. The molecule has 0 radical (unpaired) electrons. The van der Waals surface area contributed by atoms with Gasteiger partial charge in [-0.1, -0.05) is 19.0 Å². The highest BCUT2D eigenvalue weighted by Gasteiger charge is 2.13. The summed E-state index contributed by atoms with van der Waals surface area (Å²) in [5.41, 5.74) is 7.23. The lowest BCUT2D eigenvalue weighted by Gasteiger charge is -2.00. The summed E-state index contributed by atoms with van der Waals surface area (Å²) < 4.78 is 3.21. The van der Waals surface area contributed by atoms with Gasteiger partial charge >= 0.3 is 0 Å². The minimum absolute atomic E-state index is 0.130. The van der Waals surface area contributed by atoms with Gasteiger partial charge in [-0.3, -0.25) is 0 Å². The smallest absolute Gasteiger partial charge is 0.220 e. The number of hydrogen-bond donors (Lipinski definition) is 2. The highest BCUT2D eigenvalue weighted by atomic mass is 16.4. The molecular weight excluding hydrogens is 272 g/mol. The average molecular weight is 286 g/mol. The zero-order valence-corrected chi connectivity index (χ0v) is 11.5. The van der Waals surface area contributed by atoms with Crippen LogP contribution in [0.3, 0.4) is 0 Å². The van der Waals surface area contributed by atoms with Crippen LogP contribution in [0.4, 0.5) is 0 Å². The van der Waals surface area contributed by atoms with E-state index in [4.69, 9.17) is 10.9 Å². The van der Waals surface area contributed by atoms with E-state index in [0.717, 1.165) is 11.2 Å². The van der Waals surface area contributed by atoms with Crippen molar-refractivity contribution >= 4 is 11.4 Å². The first kappa shape index (κ1) is 13.0. The molecule has 9 heteroatoms. The van der Waals surface area contributed by atoms with Crippen molar-refractivity contribution in [3.05, 3.63) is 36.3 Å². The Morgan fingerprint density at radius 1 is 1.33 bits per heavy atom. The molecule has 0 spiro atoms. The van der Waals surface area contributed by atoms with E-state index >= 15 is 0 Å². The lowest BCUT2D eigenvalue weighted by Crippen LogP contribution is -2.15. The van der Waals surface area contributed by atoms with E-state index in [1.165, 1.54) is 11.0 Å². The number of oxime groups is 1. The van der Waals surface area contributed by atoms with Gasteiger partial charge in [0.15, 0.2) is 5.82 Å². The standard InChI is InChI=1S/C12H14N8O/c1-7(2)8-5-9-12(14-3-4-19(9)16-8)20-6-15-11(17-20)10(13)18-21/h3-7,21H,1-2H3,(H2,13,18). The maximum Gasteiger partial charge on any atom is 0.220 e. The first-order valence-corrected chi connectivity index (χ1v) is 6.34. The van der Waals surface area contributed by atoms with E-state index in [9.17, 15) is 0 Å². The summed E-state index contributed by atoms with van der Waals surface area (Å²) in [6.07, 6.45) is 4.86. The summed E-state index contributed by atoms with van der Waals surface area (Å²) >= 11 is 0. The molecule has 0 saturated heterocycles. The number of nitrogens with zero attached hydrogens (tertiary/aromatic N) is 7. The Balaban J connectivity index is 2.13. The fourth-order valence-electron chi connectivity index (χ4n) is 1.91. The van der Waals surface area contributed by atoms with E-state index in [2.05, 4.69) is 39.2 Å². The summed E-state index contributed by atoms with van der Waals surface area (Å²) in [6, 6.07) is 1.96. The summed E-state index contributed by atoms with van der Waals surface area (Å²) in [7, 11) is 0. The molecule has 0 atom stereocenters. The number of aromatic nitrogens is 6. The Kier molecular flexibility index (Phi) is 3.01. The molecule has 0 fully saturated rings.